The molecule has 2 aliphatic rings. The summed E-state index contributed by atoms with van der Waals surface area (Å²) in [5, 5.41) is 0. The lowest BCUT2D eigenvalue weighted by atomic mass is 10.1. The smallest absolute Gasteiger partial charge is 0.0791 e. The molecule has 2 rings (SSSR count). The van der Waals surface area contributed by atoms with Crippen molar-refractivity contribution in [2.75, 3.05) is 13.2 Å². The minimum Gasteiger partial charge on any atom is -0.370 e. The summed E-state index contributed by atoms with van der Waals surface area (Å²) >= 11 is 0. The number of rotatable bonds is 2. The Balaban J connectivity index is 1.83. The van der Waals surface area contributed by atoms with Gasteiger partial charge in [-0.25, -0.2) is 0 Å². The molecule has 2 atom stereocenters. The van der Waals surface area contributed by atoms with E-state index >= 15 is 0 Å². The molecule has 0 aromatic carbocycles. The molecule has 0 fully saturated rings. The summed E-state index contributed by atoms with van der Waals surface area (Å²) in [7, 11) is 0. The van der Waals surface area contributed by atoms with Crippen LogP contribution < -0.4 is 0 Å². The Kier molecular flexibility index (Phi) is 2.28. The molecular weight excluding hydrogens is 152 g/mol. The molecule has 12 heavy (non-hydrogen) atoms. The molecule has 0 radical (unpaired) electrons. The summed E-state index contributed by atoms with van der Waals surface area (Å²) in [5.41, 5.74) is 1.34. The van der Waals surface area contributed by atoms with Crippen molar-refractivity contribution in [3.8, 4) is 0 Å². The second-order valence-electron chi connectivity index (χ2n) is 3.40. The molecule has 2 aliphatic heterocycles. The van der Waals surface area contributed by atoms with E-state index in [2.05, 4.69) is 25.2 Å². The van der Waals surface area contributed by atoms with Gasteiger partial charge >= 0.3 is 0 Å². The zero-order chi connectivity index (χ0) is 8.39. The van der Waals surface area contributed by atoms with E-state index in [4.69, 9.17) is 9.47 Å². The van der Waals surface area contributed by atoms with Gasteiger partial charge < -0.3 is 9.47 Å². The highest BCUT2D eigenvalue weighted by atomic mass is 16.5. The molecule has 0 saturated carbocycles. The van der Waals surface area contributed by atoms with Crippen molar-refractivity contribution in [3.63, 3.8) is 0 Å². The predicted octanol–water partition coefficient (Wildman–Crippen LogP) is 1.68. The predicted molar refractivity (Wildman–Crippen MR) is 47.0 cm³/mol. The van der Waals surface area contributed by atoms with Crippen molar-refractivity contribution in [3.05, 3.63) is 23.8 Å². The molecule has 0 aliphatic carbocycles. The maximum Gasteiger partial charge on any atom is 0.0791 e. The first kappa shape index (κ1) is 8.02. The maximum atomic E-state index is 5.52. The number of ether oxygens (including phenoxy) is 2. The van der Waals surface area contributed by atoms with Gasteiger partial charge in [-0.1, -0.05) is 18.2 Å². The van der Waals surface area contributed by atoms with Crippen LogP contribution in [-0.4, -0.2) is 25.4 Å². The number of hydrogen-bond acceptors (Lipinski definition) is 2. The third-order valence-electron chi connectivity index (χ3n) is 2.22. The Morgan fingerprint density at radius 1 is 1.42 bits per heavy atom. The van der Waals surface area contributed by atoms with Gasteiger partial charge in [-0.3, -0.25) is 0 Å². The Morgan fingerprint density at radius 2 is 2.33 bits per heavy atom. The van der Waals surface area contributed by atoms with Crippen molar-refractivity contribution in [1.29, 1.82) is 0 Å². The van der Waals surface area contributed by atoms with Crippen LogP contribution in [0, 0.1) is 0 Å². The van der Waals surface area contributed by atoms with E-state index < -0.39 is 0 Å². The molecule has 0 aromatic rings. The van der Waals surface area contributed by atoms with Crippen molar-refractivity contribution >= 4 is 0 Å². The van der Waals surface area contributed by atoms with E-state index in [0.717, 1.165) is 19.6 Å². The summed E-state index contributed by atoms with van der Waals surface area (Å²) < 4.78 is 11.0. The normalized spacial score (nSPS) is 34.2. The summed E-state index contributed by atoms with van der Waals surface area (Å²) in [4.78, 5) is 0. The van der Waals surface area contributed by atoms with Crippen LogP contribution >= 0.6 is 0 Å². The Hall–Kier alpha value is -0.600. The van der Waals surface area contributed by atoms with Gasteiger partial charge in [0.1, 0.15) is 0 Å². The molecule has 2 unspecified atom stereocenters. The van der Waals surface area contributed by atoms with Crippen LogP contribution in [0.15, 0.2) is 23.8 Å². The quantitative estimate of drug-likeness (QED) is 0.581. The van der Waals surface area contributed by atoms with Gasteiger partial charge in [0.05, 0.1) is 25.4 Å². The fourth-order valence-electron chi connectivity index (χ4n) is 1.61. The topological polar surface area (TPSA) is 18.5 Å². The zero-order valence-electron chi connectivity index (χ0n) is 7.32. The van der Waals surface area contributed by atoms with Crippen molar-refractivity contribution < 1.29 is 9.47 Å². The lowest BCUT2D eigenvalue weighted by molar-refractivity contribution is 0.0565. The van der Waals surface area contributed by atoms with Crippen LogP contribution in [0.1, 0.15) is 13.3 Å². The van der Waals surface area contributed by atoms with E-state index in [-0.39, 0.29) is 12.2 Å². The average Bonchev–Trinajstić information content (AvgIpc) is 2.63. The van der Waals surface area contributed by atoms with Crippen LogP contribution in [0.4, 0.5) is 0 Å². The van der Waals surface area contributed by atoms with Crippen LogP contribution in [0.3, 0.4) is 0 Å². The molecule has 0 amide bonds. The summed E-state index contributed by atoms with van der Waals surface area (Å²) in [5.74, 6) is 0. The maximum absolute atomic E-state index is 5.52. The minimum atomic E-state index is 0.275. The van der Waals surface area contributed by atoms with Crippen molar-refractivity contribution in [2.24, 2.45) is 0 Å². The third-order valence-corrected chi connectivity index (χ3v) is 2.22. The lowest BCUT2D eigenvalue weighted by Crippen LogP contribution is -2.15. The molecule has 0 spiro atoms. The van der Waals surface area contributed by atoms with Crippen LogP contribution in [0.25, 0.3) is 0 Å². The largest absolute Gasteiger partial charge is 0.370 e. The van der Waals surface area contributed by atoms with Gasteiger partial charge in [0.2, 0.25) is 0 Å². The SMILES string of the molecule is CC1=CC(CC2C=CCO2)OC1. The molecule has 0 saturated heterocycles. The zero-order valence-corrected chi connectivity index (χ0v) is 7.32. The first-order chi connectivity index (χ1) is 5.84. The number of hydrogen-bond donors (Lipinski definition) is 0. The molecule has 2 heterocycles. The second-order valence-corrected chi connectivity index (χ2v) is 3.40. The van der Waals surface area contributed by atoms with Gasteiger partial charge in [0.25, 0.3) is 0 Å². The average molecular weight is 166 g/mol. The van der Waals surface area contributed by atoms with Gasteiger partial charge in [-0.15, -0.1) is 0 Å². The molecule has 2 nitrogen and oxygen atoms in total. The molecule has 0 N–H and O–H groups in total. The van der Waals surface area contributed by atoms with Crippen LogP contribution in [0.2, 0.25) is 0 Å². The minimum absolute atomic E-state index is 0.275. The molecule has 0 aromatic heterocycles. The molecular formula is C10H14O2. The summed E-state index contributed by atoms with van der Waals surface area (Å²) in [6.07, 6.45) is 7.89. The van der Waals surface area contributed by atoms with Gasteiger partial charge in [-0.05, 0) is 12.5 Å². The van der Waals surface area contributed by atoms with E-state index in [1.807, 2.05) is 0 Å². The lowest BCUT2D eigenvalue weighted by Gasteiger charge is -2.12. The fourth-order valence-corrected chi connectivity index (χ4v) is 1.61. The first-order valence-electron chi connectivity index (χ1n) is 4.42. The molecule has 0 bridgehead atoms. The second kappa shape index (κ2) is 3.42. The van der Waals surface area contributed by atoms with Gasteiger partial charge in [0.15, 0.2) is 0 Å². The summed E-state index contributed by atoms with van der Waals surface area (Å²) in [6.45, 7) is 3.66. The summed E-state index contributed by atoms with van der Waals surface area (Å²) in [6, 6.07) is 0. The third kappa shape index (κ3) is 1.76. The molecule has 2 heteroatoms. The van der Waals surface area contributed by atoms with E-state index in [1.54, 1.807) is 0 Å². The van der Waals surface area contributed by atoms with Gasteiger partial charge in [-0.2, -0.15) is 0 Å². The molecule has 66 valence electrons. The van der Waals surface area contributed by atoms with Gasteiger partial charge in [0, 0.05) is 6.42 Å². The van der Waals surface area contributed by atoms with E-state index in [9.17, 15) is 0 Å². The highest BCUT2D eigenvalue weighted by Crippen LogP contribution is 2.19. The van der Waals surface area contributed by atoms with Crippen LogP contribution in [-0.2, 0) is 9.47 Å². The monoisotopic (exact) mass is 166 g/mol. The van der Waals surface area contributed by atoms with E-state index in [1.165, 1.54) is 5.57 Å². The van der Waals surface area contributed by atoms with E-state index in [0.29, 0.717) is 0 Å². The Morgan fingerprint density at radius 3 is 2.92 bits per heavy atom. The fraction of sp³-hybridized carbons (Fsp3) is 0.600. The van der Waals surface area contributed by atoms with Crippen molar-refractivity contribution in [2.45, 2.75) is 25.6 Å². The Labute approximate surface area is 72.9 Å². The standard InChI is InChI=1S/C10H14O2/c1-8-5-10(12-7-8)6-9-3-2-4-11-9/h2-3,5,9-10H,4,6-7H2,1H3. The highest BCUT2D eigenvalue weighted by molar-refractivity contribution is 5.10. The highest BCUT2D eigenvalue weighted by Gasteiger charge is 2.19. The first-order valence-corrected chi connectivity index (χ1v) is 4.42. The van der Waals surface area contributed by atoms with Crippen LogP contribution in [0.5, 0.6) is 0 Å². The van der Waals surface area contributed by atoms with Crippen molar-refractivity contribution in [1.82, 2.24) is 0 Å². The Bertz CT molecular complexity index is 218.